The van der Waals surface area contributed by atoms with Crippen LogP contribution in [0.4, 0.5) is 0 Å². The third-order valence-electron chi connectivity index (χ3n) is 12.8. The average Bonchev–Trinajstić information content (AvgIpc) is 3.62. The standard InChI is InChI=1S/C51H50O6/c1-53-36-19-15-34(16-20-36)51(35-17-21-37(54-2)22-18-35)28-25-41-48-47(40-13-9-10-14-45(40)50(48)26-11-7-5-6-8-12-27-50)43-29-33(32-52)42(31-44(43)49(41)57-51)39-24-23-38(55-3)30-46(39)56-4/h9-10,13-25,28-31,52H,5-8,11-12,26-27,32H2,1-4H3. The van der Waals surface area contributed by atoms with Gasteiger partial charge in [-0.1, -0.05) is 93.1 Å². The topological polar surface area (TPSA) is 66.4 Å². The maximum atomic E-state index is 11.2. The predicted molar refractivity (Wildman–Crippen MR) is 228 cm³/mol. The minimum absolute atomic E-state index is 0.137. The summed E-state index contributed by atoms with van der Waals surface area (Å²) >= 11 is 0. The van der Waals surface area contributed by atoms with Gasteiger partial charge in [-0.05, 0) is 106 Å². The summed E-state index contributed by atoms with van der Waals surface area (Å²) in [6.07, 6.45) is 14.2. The van der Waals surface area contributed by atoms with Gasteiger partial charge in [-0.2, -0.15) is 0 Å². The summed E-state index contributed by atoms with van der Waals surface area (Å²) in [5, 5.41) is 13.2. The van der Waals surface area contributed by atoms with Crippen molar-refractivity contribution in [3.63, 3.8) is 0 Å². The van der Waals surface area contributed by atoms with E-state index >= 15 is 0 Å². The third-order valence-corrected chi connectivity index (χ3v) is 12.8. The zero-order chi connectivity index (χ0) is 39.1. The molecule has 0 bridgehead atoms. The van der Waals surface area contributed by atoms with E-state index in [0.717, 1.165) is 74.2 Å². The molecule has 6 heteroatoms. The maximum Gasteiger partial charge on any atom is 0.178 e. The molecule has 0 atom stereocenters. The first-order valence-electron chi connectivity index (χ1n) is 20.3. The molecule has 57 heavy (non-hydrogen) atoms. The Morgan fingerprint density at radius 1 is 0.596 bits per heavy atom. The Kier molecular flexibility index (Phi) is 9.70. The molecule has 3 aliphatic rings. The normalized spacial score (nSPS) is 16.4. The lowest BCUT2D eigenvalue weighted by Gasteiger charge is -2.40. The lowest BCUT2D eigenvalue weighted by molar-refractivity contribution is 0.163. The molecular weight excluding hydrogens is 709 g/mol. The smallest absolute Gasteiger partial charge is 0.178 e. The number of hydrogen-bond acceptors (Lipinski definition) is 6. The monoisotopic (exact) mass is 758 g/mol. The number of benzene rings is 6. The van der Waals surface area contributed by atoms with Crippen LogP contribution in [0.3, 0.4) is 0 Å². The quantitative estimate of drug-likeness (QED) is 0.167. The van der Waals surface area contributed by atoms with Crippen molar-refractivity contribution >= 4 is 16.8 Å². The second-order valence-electron chi connectivity index (χ2n) is 15.6. The molecule has 6 nitrogen and oxygen atoms in total. The molecule has 1 spiro atoms. The van der Waals surface area contributed by atoms with E-state index in [2.05, 4.69) is 72.8 Å². The SMILES string of the molecule is COc1ccc(C2(c3ccc(OC)cc3)C=Cc3c4c(c5cc(CO)c(-c6ccc(OC)cc6OC)cc5c3O2)-c2ccccc2C42CCCCCCCC2)cc1. The molecule has 1 saturated carbocycles. The van der Waals surface area contributed by atoms with Crippen LogP contribution >= 0.6 is 0 Å². The second kappa shape index (κ2) is 15.0. The molecule has 1 fully saturated rings. The highest BCUT2D eigenvalue weighted by molar-refractivity contribution is 6.10. The molecule has 0 unspecified atom stereocenters. The molecule has 1 N–H and O–H groups in total. The van der Waals surface area contributed by atoms with Crippen LogP contribution in [0, 0.1) is 0 Å². The van der Waals surface area contributed by atoms with Gasteiger partial charge >= 0.3 is 0 Å². The van der Waals surface area contributed by atoms with Crippen LogP contribution in [0.1, 0.15) is 84.7 Å². The van der Waals surface area contributed by atoms with E-state index in [1.54, 1.807) is 28.4 Å². The Labute approximate surface area is 335 Å². The van der Waals surface area contributed by atoms with Crippen molar-refractivity contribution in [3.8, 4) is 51.0 Å². The molecule has 290 valence electrons. The summed E-state index contributed by atoms with van der Waals surface area (Å²) in [6.45, 7) is -0.137. The van der Waals surface area contributed by atoms with Crippen molar-refractivity contribution in [1.82, 2.24) is 0 Å². The first-order valence-corrected chi connectivity index (χ1v) is 20.3. The van der Waals surface area contributed by atoms with Gasteiger partial charge in [0.15, 0.2) is 5.60 Å². The number of methoxy groups -OCH3 is 4. The van der Waals surface area contributed by atoms with Gasteiger partial charge in [0.25, 0.3) is 0 Å². The number of rotatable bonds is 8. The largest absolute Gasteiger partial charge is 0.497 e. The summed E-state index contributed by atoms with van der Waals surface area (Å²) in [5.74, 6) is 3.76. The molecular formula is C51H50O6. The van der Waals surface area contributed by atoms with Gasteiger partial charge in [-0.3, -0.25) is 0 Å². The highest BCUT2D eigenvalue weighted by Gasteiger charge is 2.48. The average molecular weight is 759 g/mol. The van der Waals surface area contributed by atoms with E-state index in [1.807, 2.05) is 42.5 Å². The molecule has 9 rings (SSSR count). The van der Waals surface area contributed by atoms with Gasteiger partial charge < -0.3 is 28.8 Å². The summed E-state index contributed by atoms with van der Waals surface area (Å²) < 4.78 is 30.5. The van der Waals surface area contributed by atoms with Gasteiger partial charge in [-0.15, -0.1) is 0 Å². The Bertz CT molecular complexity index is 2420. The van der Waals surface area contributed by atoms with Crippen LogP contribution in [-0.2, 0) is 17.6 Å². The molecule has 2 aliphatic carbocycles. The van der Waals surface area contributed by atoms with E-state index in [1.165, 1.54) is 60.8 Å². The van der Waals surface area contributed by atoms with Crippen LogP contribution in [-0.4, -0.2) is 33.5 Å². The van der Waals surface area contributed by atoms with Crippen molar-refractivity contribution < 1.29 is 28.8 Å². The van der Waals surface area contributed by atoms with Crippen LogP contribution in [0.5, 0.6) is 28.7 Å². The Balaban J connectivity index is 1.39. The van der Waals surface area contributed by atoms with Crippen molar-refractivity contribution in [1.29, 1.82) is 0 Å². The number of ether oxygens (including phenoxy) is 5. The third kappa shape index (κ3) is 5.96. The lowest BCUT2D eigenvalue weighted by Crippen LogP contribution is -2.35. The fourth-order valence-electron chi connectivity index (χ4n) is 10.0. The van der Waals surface area contributed by atoms with Gasteiger partial charge in [0.2, 0.25) is 0 Å². The van der Waals surface area contributed by atoms with Gasteiger partial charge in [-0.25, -0.2) is 0 Å². The zero-order valence-corrected chi connectivity index (χ0v) is 33.3. The molecule has 0 radical (unpaired) electrons. The van der Waals surface area contributed by atoms with Gasteiger partial charge in [0.1, 0.15) is 28.7 Å². The molecule has 1 aliphatic heterocycles. The summed E-state index contributed by atoms with van der Waals surface area (Å²) in [7, 11) is 6.71. The Hall–Kier alpha value is -5.72. The van der Waals surface area contributed by atoms with Crippen LogP contribution in [0.2, 0.25) is 0 Å². The highest BCUT2D eigenvalue weighted by Crippen LogP contribution is 2.62. The molecule has 1 heterocycles. The zero-order valence-electron chi connectivity index (χ0n) is 33.3. The molecule has 0 amide bonds. The van der Waals surface area contributed by atoms with E-state index in [0.29, 0.717) is 11.5 Å². The first-order chi connectivity index (χ1) is 28.0. The van der Waals surface area contributed by atoms with Crippen LogP contribution in [0.15, 0.2) is 109 Å². The number of hydrogen-bond donors (Lipinski definition) is 1. The molecule has 0 saturated heterocycles. The van der Waals surface area contributed by atoms with E-state index < -0.39 is 5.60 Å². The maximum absolute atomic E-state index is 11.2. The van der Waals surface area contributed by atoms with Crippen molar-refractivity contribution in [2.24, 2.45) is 0 Å². The summed E-state index contributed by atoms with van der Waals surface area (Å²) in [6, 6.07) is 35.7. The fraction of sp³-hybridized carbons (Fsp3) is 0.294. The van der Waals surface area contributed by atoms with Crippen molar-refractivity contribution in [3.05, 3.63) is 143 Å². The van der Waals surface area contributed by atoms with Crippen LogP contribution in [0.25, 0.3) is 39.1 Å². The lowest BCUT2D eigenvalue weighted by atomic mass is 9.68. The molecule has 6 aromatic rings. The fourth-order valence-corrected chi connectivity index (χ4v) is 10.0. The molecule has 6 aromatic carbocycles. The minimum atomic E-state index is -0.975. The first kappa shape index (κ1) is 36.9. The minimum Gasteiger partial charge on any atom is -0.497 e. The van der Waals surface area contributed by atoms with E-state index in [-0.39, 0.29) is 12.0 Å². The summed E-state index contributed by atoms with van der Waals surface area (Å²) in [4.78, 5) is 0. The van der Waals surface area contributed by atoms with Crippen molar-refractivity contribution in [2.45, 2.75) is 69.0 Å². The molecule has 0 aromatic heterocycles. The second-order valence-corrected chi connectivity index (χ2v) is 15.6. The Morgan fingerprint density at radius 3 is 1.82 bits per heavy atom. The van der Waals surface area contributed by atoms with Crippen LogP contribution < -0.4 is 23.7 Å². The highest BCUT2D eigenvalue weighted by atomic mass is 16.5. The Morgan fingerprint density at radius 2 is 1.21 bits per heavy atom. The van der Waals surface area contributed by atoms with E-state index in [4.69, 9.17) is 23.7 Å². The van der Waals surface area contributed by atoms with Gasteiger partial charge in [0.05, 0.1) is 35.0 Å². The number of aliphatic hydroxyl groups is 1. The number of fused-ring (bicyclic) bond motifs is 10. The van der Waals surface area contributed by atoms with E-state index in [9.17, 15) is 5.11 Å². The number of aliphatic hydroxyl groups excluding tert-OH is 1. The van der Waals surface area contributed by atoms with Gasteiger partial charge in [0, 0.05) is 39.1 Å². The summed E-state index contributed by atoms with van der Waals surface area (Å²) in [5.41, 5.74) is 9.85. The van der Waals surface area contributed by atoms with Crippen molar-refractivity contribution in [2.75, 3.05) is 28.4 Å². The predicted octanol–water partition coefficient (Wildman–Crippen LogP) is 11.8.